The number of nitrogens with zero attached hydrogens (tertiary/aromatic N) is 5. The predicted octanol–water partition coefficient (Wildman–Crippen LogP) is 1.41. The quantitative estimate of drug-likeness (QED) is 0.758. The second-order valence-corrected chi connectivity index (χ2v) is 4.67. The third kappa shape index (κ3) is 2.14. The number of aromatic nitrogens is 5. The van der Waals surface area contributed by atoms with E-state index in [1.165, 1.54) is 0 Å². The Morgan fingerprint density at radius 1 is 1.47 bits per heavy atom. The number of fused-ring (bicyclic) bond motifs is 1. The number of aryl methyl sites for hydroxylation is 1. The van der Waals surface area contributed by atoms with Gasteiger partial charge in [-0.25, -0.2) is 9.50 Å². The molecule has 1 N–H and O–H groups in total. The summed E-state index contributed by atoms with van der Waals surface area (Å²) in [6.07, 6.45) is 5.64. The van der Waals surface area contributed by atoms with Crippen molar-refractivity contribution < 1.29 is 0 Å². The van der Waals surface area contributed by atoms with Crippen molar-refractivity contribution in [2.75, 3.05) is 11.9 Å². The van der Waals surface area contributed by atoms with Crippen LogP contribution in [0.1, 0.15) is 5.69 Å². The van der Waals surface area contributed by atoms with Gasteiger partial charge in [0.1, 0.15) is 0 Å². The fourth-order valence-electron chi connectivity index (χ4n) is 1.59. The first-order chi connectivity index (χ1) is 8.31. The van der Waals surface area contributed by atoms with E-state index in [1.807, 2.05) is 30.1 Å². The standard InChI is InChI=1S/C10H12N6S/c1-8-7-16-10(13-8)17-9(14-16)11-4-6-15-5-2-3-12-15/h2-3,5,7H,4,6H2,1H3,(H,11,14). The van der Waals surface area contributed by atoms with Crippen LogP contribution in [0.3, 0.4) is 0 Å². The number of anilines is 1. The average Bonchev–Trinajstić information content (AvgIpc) is 2.94. The number of hydrogen-bond donors (Lipinski definition) is 1. The molecule has 3 aromatic rings. The lowest BCUT2D eigenvalue weighted by Crippen LogP contribution is -2.10. The Morgan fingerprint density at radius 3 is 3.18 bits per heavy atom. The lowest BCUT2D eigenvalue weighted by Gasteiger charge is -2.01. The lowest BCUT2D eigenvalue weighted by atomic mass is 10.6. The van der Waals surface area contributed by atoms with Gasteiger partial charge in [-0.15, -0.1) is 5.10 Å². The molecule has 3 rings (SSSR count). The molecule has 6 nitrogen and oxygen atoms in total. The first kappa shape index (κ1) is 10.3. The summed E-state index contributed by atoms with van der Waals surface area (Å²) in [6, 6.07) is 1.92. The number of imidazole rings is 1. The lowest BCUT2D eigenvalue weighted by molar-refractivity contribution is 0.637. The van der Waals surface area contributed by atoms with Crippen LogP contribution in [0.15, 0.2) is 24.7 Å². The van der Waals surface area contributed by atoms with Crippen LogP contribution in [-0.4, -0.2) is 30.9 Å². The fraction of sp³-hybridized carbons (Fsp3) is 0.300. The zero-order valence-electron chi connectivity index (χ0n) is 9.37. The summed E-state index contributed by atoms with van der Waals surface area (Å²) in [5, 5.41) is 12.7. The van der Waals surface area contributed by atoms with E-state index in [1.54, 1.807) is 22.0 Å². The molecule has 3 aromatic heterocycles. The predicted molar refractivity (Wildman–Crippen MR) is 66.3 cm³/mol. The minimum Gasteiger partial charge on any atom is -0.358 e. The SMILES string of the molecule is Cc1cn2nc(NCCn3cccn3)sc2n1. The normalized spacial score (nSPS) is 11.1. The van der Waals surface area contributed by atoms with E-state index in [0.717, 1.165) is 28.9 Å². The maximum atomic E-state index is 4.38. The van der Waals surface area contributed by atoms with Gasteiger partial charge >= 0.3 is 0 Å². The highest BCUT2D eigenvalue weighted by Gasteiger charge is 2.05. The molecule has 0 fully saturated rings. The zero-order chi connectivity index (χ0) is 11.7. The van der Waals surface area contributed by atoms with Crippen LogP contribution in [0.5, 0.6) is 0 Å². The first-order valence-corrected chi connectivity index (χ1v) is 6.17. The van der Waals surface area contributed by atoms with Gasteiger partial charge in [-0.2, -0.15) is 5.10 Å². The minimum absolute atomic E-state index is 0.803. The molecule has 88 valence electrons. The second kappa shape index (κ2) is 4.17. The minimum atomic E-state index is 0.803. The highest BCUT2D eigenvalue weighted by Crippen LogP contribution is 2.18. The Kier molecular flexibility index (Phi) is 2.52. The van der Waals surface area contributed by atoms with Crippen molar-refractivity contribution in [3.05, 3.63) is 30.4 Å². The Balaban J connectivity index is 1.63. The van der Waals surface area contributed by atoms with Gasteiger partial charge in [0, 0.05) is 18.9 Å². The van der Waals surface area contributed by atoms with Gasteiger partial charge in [-0.1, -0.05) is 11.3 Å². The molecule has 0 radical (unpaired) electrons. The van der Waals surface area contributed by atoms with Crippen molar-refractivity contribution in [1.82, 2.24) is 24.4 Å². The number of nitrogens with one attached hydrogen (secondary N) is 1. The van der Waals surface area contributed by atoms with Crippen LogP contribution in [0.4, 0.5) is 5.13 Å². The van der Waals surface area contributed by atoms with Crippen LogP contribution in [0.25, 0.3) is 4.96 Å². The van der Waals surface area contributed by atoms with Crippen molar-refractivity contribution in [3.8, 4) is 0 Å². The summed E-state index contributed by atoms with van der Waals surface area (Å²) in [6.45, 7) is 3.59. The maximum absolute atomic E-state index is 4.38. The number of hydrogen-bond acceptors (Lipinski definition) is 5. The first-order valence-electron chi connectivity index (χ1n) is 5.35. The summed E-state index contributed by atoms with van der Waals surface area (Å²) < 4.78 is 3.69. The van der Waals surface area contributed by atoms with E-state index in [4.69, 9.17) is 0 Å². The van der Waals surface area contributed by atoms with E-state index in [-0.39, 0.29) is 0 Å². The van der Waals surface area contributed by atoms with Gasteiger partial charge in [0.15, 0.2) is 0 Å². The zero-order valence-corrected chi connectivity index (χ0v) is 10.2. The van der Waals surface area contributed by atoms with E-state index in [9.17, 15) is 0 Å². The Bertz CT molecular complexity index is 576. The maximum Gasteiger partial charge on any atom is 0.214 e. The van der Waals surface area contributed by atoms with Gasteiger partial charge in [-0.05, 0) is 13.0 Å². The molecule has 0 aliphatic rings. The smallest absolute Gasteiger partial charge is 0.214 e. The number of rotatable bonds is 4. The van der Waals surface area contributed by atoms with Crippen LogP contribution in [-0.2, 0) is 6.54 Å². The van der Waals surface area contributed by atoms with E-state index in [2.05, 4.69) is 20.5 Å². The average molecular weight is 248 g/mol. The van der Waals surface area contributed by atoms with Crippen LogP contribution >= 0.6 is 11.3 Å². The summed E-state index contributed by atoms with van der Waals surface area (Å²) in [5.74, 6) is 0. The molecule has 3 heterocycles. The van der Waals surface area contributed by atoms with E-state index < -0.39 is 0 Å². The monoisotopic (exact) mass is 248 g/mol. The summed E-state index contributed by atoms with van der Waals surface area (Å²) in [4.78, 5) is 5.27. The molecule has 0 atom stereocenters. The molecule has 0 aromatic carbocycles. The van der Waals surface area contributed by atoms with Crippen molar-refractivity contribution >= 4 is 21.4 Å². The molecular weight excluding hydrogens is 236 g/mol. The van der Waals surface area contributed by atoms with Crippen molar-refractivity contribution in [3.63, 3.8) is 0 Å². The van der Waals surface area contributed by atoms with Crippen LogP contribution in [0.2, 0.25) is 0 Å². The third-order valence-corrected chi connectivity index (χ3v) is 3.22. The molecule has 0 spiro atoms. The summed E-state index contributed by atoms with van der Waals surface area (Å²) in [7, 11) is 0. The molecule has 7 heteroatoms. The van der Waals surface area contributed by atoms with E-state index in [0.29, 0.717) is 0 Å². The van der Waals surface area contributed by atoms with E-state index >= 15 is 0 Å². The molecular formula is C10H12N6S. The molecule has 17 heavy (non-hydrogen) atoms. The highest BCUT2D eigenvalue weighted by atomic mass is 32.1. The molecule has 0 saturated heterocycles. The van der Waals surface area contributed by atoms with Crippen molar-refractivity contribution in [2.45, 2.75) is 13.5 Å². The molecule has 0 aliphatic carbocycles. The Labute approximate surface area is 102 Å². The Morgan fingerprint density at radius 2 is 2.41 bits per heavy atom. The fourth-order valence-corrected chi connectivity index (χ4v) is 2.44. The molecule has 0 unspecified atom stereocenters. The van der Waals surface area contributed by atoms with Gasteiger partial charge < -0.3 is 5.32 Å². The largest absolute Gasteiger partial charge is 0.358 e. The van der Waals surface area contributed by atoms with Gasteiger partial charge in [0.05, 0.1) is 18.4 Å². The molecule has 0 aliphatic heterocycles. The topological polar surface area (TPSA) is 60.0 Å². The van der Waals surface area contributed by atoms with Crippen molar-refractivity contribution in [1.29, 1.82) is 0 Å². The molecule has 0 bridgehead atoms. The summed E-state index contributed by atoms with van der Waals surface area (Å²) in [5.41, 5.74) is 0.992. The van der Waals surface area contributed by atoms with Crippen molar-refractivity contribution in [2.24, 2.45) is 0 Å². The molecule has 0 amide bonds. The third-order valence-electron chi connectivity index (χ3n) is 2.34. The Hall–Kier alpha value is -1.89. The van der Waals surface area contributed by atoms with Gasteiger partial charge in [-0.3, -0.25) is 4.68 Å². The summed E-state index contributed by atoms with van der Waals surface area (Å²) >= 11 is 1.56. The molecule has 0 saturated carbocycles. The van der Waals surface area contributed by atoms with Gasteiger partial charge in [0.2, 0.25) is 10.1 Å². The van der Waals surface area contributed by atoms with Gasteiger partial charge in [0.25, 0.3) is 0 Å². The van der Waals surface area contributed by atoms with Crippen LogP contribution < -0.4 is 5.32 Å². The van der Waals surface area contributed by atoms with Crippen LogP contribution in [0, 0.1) is 6.92 Å². The second-order valence-electron chi connectivity index (χ2n) is 3.71. The highest BCUT2D eigenvalue weighted by molar-refractivity contribution is 7.20.